The van der Waals surface area contributed by atoms with E-state index in [0.717, 1.165) is 5.69 Å². The maximum Gasteiger partial charge on any atom is 0.319 e. The molecule has 5 nitrogen and oxygen atoms in total. The number of rotatable bonds is 4. The molecule has 1 aromatic carbocycles. The Morgan fingerprint density at radius 3 is 2.74 bits per heavy atom. The summed E-state index contributed by atoms with van der Waals surface area (Å²) in [6.45, 7) is 0.503. The maximum absolute atomic E-state index is 11.6. The quantitative estimate of drug-likeness (QED) is 0.811. The van der Waals surface area contributed by atoms with Gasteiger partial charge in [0.25, 0.3) is 0 Å². The molecule has 1 aromatic heterocycles. The molecule has 100 valence electrons. The number of carbonyl (C=O) groups excluding carboxylic acids is 1. The first-order chi connectivity index (χ1) is 9.13. The molecule has 0 fully saturated rings. The number of nitrogen functional groups attached to an aromatic ring is 1. The predicted molar refractivity (Wildman–Crippen MR) is 78.7 cm³/mol. The Hall–Kier alpha value is -1.79. The summed E-state index contributed by atoms with van der Waals surface area (Å²) in [5.74, 6) is 0. The van der Waals surface area contributed by atoms with E-state index in [1.807, 2.05) is 5.38 Å². The van der Waals surface area contributed by atoms with Crippen molar-refractivity contribution in [2.24, 2.45) is 0 Å². The molecule has 0 atom stereocenters. The van der Waals surface area contributed by atoms with Crippen molar-refractivity contribution in [2.45, 2.75) is 6.42 Å². The van der Waals surface area contributed by atoms with Crippen molar-refractivity contribution < 1.29 is 4.79 Å². The van der Waals surface area contributed by atoms with Crippen LogP contribution in [0.2, 0.25) is 5.02 Å². The summed E-state index contributed by atoms with van der Waals surface area (Å²) >= 11 is 7.15. The minimum Gasteiger partial charge on any atom is -0.375 e. The molecule has 4 N–H and O–H groups in total. The molecule has 0 aliphatic carbocycles. The highest BCUT2D eigenvalue weighted by atomic mass is 35.5. The van der Waals surface area contributed by atoms with Crippen LogP contribution < -0.4 is 16.4 Å². The van der Waals surface area contributed by atoms with E-state index >= 15 is 0 Å². The van der Waals surface area contributed by atoms with E-state index in [-0.39, 0.29) is 6.03 Å². The van der Waals surface area contributed by atoms with Crippen LogP contribution in [0.15, 0.2) is 29.6 Å². The fraction of sp³-hybridized carbons (Fsp3) is 0.167. The summed E-state index contributed by atoms with van der Waals surface area (Å²) in [5.41, 5.74) is 7.10. The first-order valence-corrected chi connectivity index (χ1v) is 6.89. The van der Waals surface area contributed by atoms with Crippen molar-refractivity contribution in [2.75, 3.05) is 17.6 Å². The van der Waals surface area contributed by atoms with E-state index in [2.05, 4.69) is 15.6 Å². The van der Waals surface area contributed by atoms with Crippen LogP contribution in [0.3, 0.4) is 0 Å². The second-order valence-corrected chi connectivity index (χ2v) is 5.14. The van der Waals surface area contributed by atoms with E-state index in [4.69, 9.17) is 17.3 Å². The second kappa shape index (κ2) is 6.40. The Labute approximate surface area is 119 Å². The first kappa shape index (κ1) is 13.6. The monoisotopic (exact) mass is 296 g/mol. The highest BCUT2D eigenvalue weighted by molar-refractivity contribution is 7.13. The smallest absolute Gasteiger partial charge is 0.319 e. The van der Waals surface area contributed by atoms with Crippen LogP contribution in [0, 0.1) is 0 Å². The number of thiazole rings is 1. The number of nitrogens with one attached hydrogen (secondary N) is 2. The predicted octanol–water partition coefficient (Wildman–Crippen LogP) is 2.74. The Morgan fingerprint density at radius 2 is 2.11 bits per heavy atom. The fourth-order valence-corrected chi connectivity index (χ4v) is 2.17. The minimum absolute atomic E-state index is 0.259. The molecule has 0 spiro atoms. The molecule has 0 saturated carbocycles. The largest absolute Gasteiger partial charge is 0.375 e. The van der Waals surface area contributed by atoms with Crippen LogP contribution in [0.5, 0.6) is 0 Å². The molecule has 2 aromatic rings. The zero-order valence-corrected chi connectivity index (χ0v) is 11.6. The van der Waals surface area contributed by atoms with Crippen LogP contribution in [0.1, 0.15) is 5.69 Å². The number of nitrogens with zero attached hydrogens (tertiary/aromatic N) is 1. The third-order valence-corrected chi connectivity index (χ3v) is 3.31. The lowest BCUT2D eigenvalue weighted by Crippen LogP contribution is -2.30. The Bertz CT molecular complexity index is 555. The van der Waals surface area contributed by atoms with Gasteiger partial charge in [0.15, 0.2) is 5.13 Å². The van der Waals surface area contributed by atoms with E-state index in [1.54, 1.807) is 24.3 Å². The SMILES string of the molecule is Nc1nc(CCNC(=O)Nc2ccc(Cl)cc2)cs1. The van der Waals surface area contributed by atoms with Crippen LogP contribution in [0.4, 0.5) is 15.6 Å². The second-order valence-electron chi connectivity index (χ2n) is 3.81. The number of halogens is 1. The number of anilines is 2. The van der Waals surface area contributed by atoms with Crippen LogP contribution in [0.25, 0.3) is 0 Å². The summed E-state index contributed by atoms with van der Waals surface area (Å²) in [6, 6.07) is 6.65. The van der Waals surface area contributed by atoms with Gasteiger partial charge in [-0.15, -0.1) is 11.3 Å². The Kier molecular flexibility index (Phi) is 4.59. The summed E-state index contributed by atoms with van der Waals surface area (Å²) in [4.78, 5) is 15.7. The third kappa shape index (κ3) is 4.42. The van der Waals surface area contributed by atoms with Crippen molar-refractivity contribution in [3.63, 3.8) is 0 Å². The van der Waals surface area contributed by atoms with Crippen LogP contribution >= 0.6 is 22.9 Å². The number of hydrogen-bond acceptors (Lipinski definition) is 4. The lowest BCUT2D eigenvalue weighted by atomic mass is 10.3. The van der Waals surface area contributed by atoms with E-state index < -0.39 is 0 Å². The molecule has 0 saturated heterocycles. The first-order valence-electron chi connectivity index (χ1n) is 5.64. The van der Waals surface area contributed by atoms with Crippen molar-refractivity contribution in [1.82, 2.24) is 10.3 Å². The molecule has 2 amide bonds. The number of amides is 2. The number of hydrogen-bond donors (Lipinski definition) is 3. The van der Waals surface area contributed by atoms with Gasteiger partial charge < -0.3 is 16.4 Å². The van der Waals surface area contributed by atoms with Gasteiger partial charge in [-0.25, -0.2) is 9.78 Å². The summed E-state index contributed by atoms with van der Waals surface area (Å²) in [7, 11) is 0. The molecule has 0 unspecified atom stereocenters. The molecular formula is C12H13ClN4OS. The minimum atomic E-state index is -0.259. The number of aromatic nitrogens is 1. The number of benzene rings is 1. The van der Waals surface area contributed by atoms with Gasteiger partial charge >= 0.3 is 6.03 Å². The topological polar surface area (TPSA) is 80.0 Å². The van der Waals surface area contributed by atoms with Crippen molar-refractivity contribution in [1.29, 1.82) is 0 Å². The van der Waals surface area contributed by atoms with Gasteiger partial charge in [0.1, 0.15) is 0 Å². The molecule has 0 aliphatic heterocycles. The van der Waals surface area contributed by atoms with Gasteiger partial charge in [-0.05, 0) is 24.3 Å². The lowest BCUT2D eigenvalue weighted by Gasteiger charge is -2.06. The summed E-state index contributed by atoms with van der Waals surface area (Å²) < 4.78 is 0. The third-order valence-electron chi connectivity index (χ3n) is 2.34. The molecule has 2 rings (SSSR count). The van der Waals surface area contributed by atoms with Crippen molar-refractivity contribution >= 4 is 39.8 Å². The van der Waals surface area contributed by atoms with Gasteiger partial charge in [-0.1, -0.05) is 11.6 Å². The molecule has 19 heavy (non-hydrogen) atoms. The van der Waals surface area contributed by atoms with Crippen molar-refractivity contribution in [3.8, 4) is 0 Å². The lowest BCUT2D eigenvalue weighted by molar-refractivity contribution is 0.252. The average molecular weight is 297 g/mol. The van der Waals surface area contributed by atoms with Gasteiger partial charge in [0.2, 0.25) is 0 Å². The highest BCUT2D eigenvalue weighted by Crippen LogP contribution is 2.13. The summed E-state index contributed by atoms with van der Waals surface area (Å²) in [6.07, 6.45) is 0.655. The van der Waals surface area contributed by atoms with E-state index in [0.29, 0.717) is 28.8 Å². The number of nitrogens with two attached hydrogens (primary N) is 1. The zero-order chi connectivity index (χ0) is 13.7. The van der Waals surface area contributed by atoms with E-state index in [9.17, 15) is 4.79 Å². The molecule has 7 heteroatoms. The number of carbonyl (C=O) groups is 1. The van der Waals surface area contributed by atoms with Gasteiger partial charge in [0.05, 0.1) is 5.69 Å². The summed E-state index contributed by atoms with van der Waals surface area (Å²) in [5, 5.41) is 8.51. The molecular weight excluding hydrogens is 284 g/mol. The highest BCUT2D eigenvalue weighted by Gasteiger charge is 2.03. The fourth-order valence-electron chi connectivity index (χ4n) is 1.45. The van der Waals surface area contributed by atoms with Crippen LogP contribution in [-0.2, 0) is 6.42 Å². The van der Waals surface area contributed by atoms with Gasteiger partial charge in [-0.2, -0.15) is 0 Å². The molecule has 0 aliphatic rings. The normalized spacial score (nSPS) is 10.2. The maximum atomic E-state index is 11.6. The average Bonchev–Trinajstić information content (AvgIpc) is 2.78. The Balaban J connectivity index is 1.74. The van der Waals surface area contributed by atoms with Crippen LogP contribution in [-0.4, -0.2) is 17.6 Å². The van der Waals surface area contributed by atoms with Gasteiger partial charge in [0, 0.05) is 29.1 Å². The van der Waals surface area contributed by atoms with E-state index in [1.165, 1.54) is 11.3 Å². The molecule has 1 heterocycles. The number of urea groups is 1. The standard InChI is InChI=1S/C12H13ClN4OS/c13-8-1-3-9(4-2-8)17-12(18)15-6-5-10-7-19-11(14)16-10/h1-4,7H,5-6H2,(H2,14,16)(H2,15,17,18). The molecule has 0 bridgehead atoms. The van der Waals surface area contributed by atoms with Gasteiger partial charge in [-0.3, -0.25) is 0 Å². The zero-order valence-electron chi connectivity index (χ0n) is 10.0. The Morgan fingerprint density at radius 1 is 1.37 bits per heavy atom. The van der Waals surface area contributed by atoms with Crippen molar-refractivity contribution in [3.05, 3.63) is 40.4 Å². The molecule has 0 radical (unpaired) electrons.